The molecule has 0 aromatic carbocycles. The summed E-state index contributed by atoms with van der Waals surface area (Å²) in [5, 5.41) is 0. The Morgan fingerprint density at radius 3 is 1.90 bits per heavy atom. The van der Waals surface area contributed by atoms with E-state index in [1.165, 1.54) is 19.3 Å². The van der Waals surface area contributed by atoms with Gasteiger partial charge in [0.1, 0.15) is 0 Å². The van der Waals surface area contributed by atoms with Gasteiger partial charge < -0.3 is 0 Å². The summed E-state index contributed by atoms with van der Waals surface area (Å²) < 4.78 is 0. The molecule has 2 unspecified atom stereocenters. The molecule has 0 aliphatic heterocycles. The van der Waals surface area contributed by atoms with Gasteiger partial charge in [0.05, 0.1) is 0 Å². The number of hydrogen-bond acceptors (Lipinski definition) is 0. The van der Waals surface area contributed by atoms with Gasteiger partial charge in [0.25, 0.3) is 0 Å². The van der Waals surface area contributed by atoms with Gasteiger partial charge in [0, 0.05) is 0 Å². The third kappa shape index (κ3) is 0.681. The van der Waals surface area contributed by atoms with Crippen LogP contribution in [-0.2, 0) is 0 Å². The molecule has 0 N–H and O–H groups in total. The maximum atomic E-state index is 2.46. The molecular weight excluding hydrogens is 120 g/mol. The number of hydrogen-bond donors (Lipinski definition) is 0. The Bertz CT molecular complexity index is 141. The van der Waals surface area contributed by atoms with Crippen LogP contribution in [0.5, 0.6) is 0 Å². The smallest absolute Gasteiger partial charge is 0.0243 e. The average molecular weight is 140 g/mol. The Morgan fingerprint density at radius 2 is 1.80 bits per heavy atom. The van der Waals surface area contributed by atoms with Crippen molar-refractivity contribution in [3.63, 3.8) is 0 Å². The molecule has 10 heavy (non-hydrogen) atoms. The predicted octanol–water partition coefficient (Wildman–Crippen LogP) is 3.47. The fourth-order valence-corrected chi connectivity index (χ4v) is 2.52. The summed E-state index contributed by atoms with van der Waals surface area (Å²) >= 11 is 0. The highest BCUT2D eigenvalue weighted by atomic mass is 14.7. The van der Waals surface area contributed by atoms with Crippen molar-refractivity contribution in [3.05, 3.63) is 0 Å². The van der Waals surface area contributed by atoms with E-state index in [-0.39, 0.29) is 7.43 Å². The van der Waals surface area contributed by atoms with Crippen molar-refractivity contribution in [2.45, 2.75) is 47.5 Å². The van der Waals surface area contributed by atoms with E-state index >= 15 is 0 Å². The van der Waals surface area contributed by atoms with Gasteiger partial charge in [-0.05, 0) is 36.0 Å². The molecule has 0 amide bonds. The second kappa shape index (κ2) is 1.78. The lowest BCUT2D eigenvalue weighted by molar-refractivity contribution is 0.226. The molecule has 0 saturated heterocycles. The number of rotatable bonds is 0. The summed E-state index contributed by atoms with van der Waals surface area (Å²) in [6, 6.07) is 0. The third-order valence-electron chi connectivity index (χ3n) is 4.08. The molecule has 0 nitrogen and oxygen atoms in total. The summed E-state index contributed by atoms with van der Waals surface area (Å²) in [7, 11) is 0. The van der Waals surface area contributed by atoms with Crippen molar-refractivity contribution in [1.82, 2.24) is 0 Å². The predicted molar refractivity (Wildman–Crippen MR) is 46.0 cm³/mol. The average Bonchev–Trinajstić information content (AvgIpc) is 2.34. The van der Waals surface area contributed by atoms with Gasteiger partial charge >= 0.3 is 0 Å². The zero-order valence-electron chi connectivity index (χ0n) is 6.70. The van der Waals surface area contributed by atoms with Crippen LogP contribution in [0.4, 0.5) is 0 Å². The van der Waals surface area contributed by atoms with E-state index in [1.54, 1.807) is 0 Å². The number of fused-ring (bicyclic) bond motifs is 1. The van der Waals surface area contributed by atoms with Gasteiger partial charge in [0.2, 0.25) is 0 Å². The topological polar surface area (TPSA) is 0 Å². The molecule has 0 aromatic heterocycles. The van der Waals surface area contributed by atoms with E-state index in [2.05, 4.69) is 20.8 Å². The zero-order valence-corrected chi connectivity index (χ0v) is 6.70. The van der Waals surface area contributed by atoms with Crippen LogP contribution < -0.4 is 0 Å². The molecule has 2 aliphatic rings. The van der Waals surface area contributed by atoms with Gasteiger partial charge in [-0.1, -0.05) is 28.2 Å². The molecule has 2 aliphatic carbocycles. The van der Waals surface area contributed by atoms with Gasteiger partial charge in [0.15, 0.2) is 0 Å². The normalized spacial score (nSPS) is 47.7. The van der Waals surface area contributed by atoms with Gasteiger partial charge in [-0.25, -0.2) is 0 Å². The molecule has 2 fully saturated rings. The van der Waals surface area contributed by atoms with Crippen molar-refractivity contribution in [1.29, 1.82) is 0 Å². The lowest BCUT2D eigenvalue weighted by Gasteiger charge is -2.27. The second-order valence-corrected chi connectivity index (χ2v) is 4.74. The molecule has 0 heterocycles. The quantitative estimate of drug-likeness (QED) is 0.483. The van der Waals surface area contributed by atoms with Crippen LogP contribution in [0.2, 0.25) is 0 Å². The van der Waals surface area contributed by atoms with Crippen LogP contribution in [0.1, 0.15) is 47.5 Å². The Kier molecular flexibility index (Phi) is 1.44. The van der Waals surface area contributed by atoms with Crippen molar-refractivity contribution in [2.24, 2.45) is 16.7 Å². The maximum Gasteiger partial charge on any atom is -0.0243 e. The molecule has 2 atom stereocenters. The zero-order chi connectivity index (χ0) is 6.70. The molecule has 0 bridgehead atoms. The summed E-state index contributed by atoms with van der Waals surface area (Å²) in [5.74, 6) is 1.10. The first kappa shape index (κ1) is 8.10. The minimum atomic E-state index is 0. The minimum Gasteiger partial charge on any atom is -0.0776 e. The van der Waals surface area contributed by atoms with Crippen molar-refractivity contribution >= 4 is 0 Å². The van der Waals surface area contributed by atoms with Crippen LogP contribution in [0.3, 0.4) is 0 Å². The molecule has 0 spiro atoms. The van der Waals surface area contributed by atoms with Crippen molar-refractivity contribution in [3.8, 4) is 0 Å². The first-order valence-electron chi connectivity index (χ1n) is 4.06. The van der Waals surface area contributed by atoms with E-state index in [0.29, 0.717) is 5.41 Å². The van der Waals surface area contributed by atoms with Gasteiger partial charge in [-0.2, -0.15) is 0 Å². The van der Waals surface area contributed by atoms with Crippen LogP contribution in [-0.4, -0.2) is 0 Å². The SMILES string of the molecule is C.CC1(C)CCC2CC21C. The van der Waals surface area contributed by atoms with Gasteiger partial charge in [-0.15, -0.1) is 0 Å². The molecule has 0 heteroatoms. The van der Waals surface area contributed by atoms with E-state index in [4.69, 9.17) is 0 Å². The largest absolute Gasteiger partial charge is 0.0776 e. The van der Waals surface area contributed by atoms with Crippen LogP contribution >= 0.6 is 0 Å². The molecule has 60 valence electrons. The lowest BCUT2D eigenvalue weighted by atomic mass is 9.78. The first-order chi connectivity index (χ1) is 4.06. The van der Waals surface area contributed by atoms with Crippen LogP contribution in [0, 0.1) is 16.7 Å². The molecule has 2 rings (SSSR count). The maximum absolute atomic E-state index is 2.46. The van der Waals surface area contributed by atoms with E-state index in [1.807, 2.05) is 0 Å². The Morgan fingerprint density at radius 1 is 1.20 bits per heavy atom. The standard InChI is InChI=1S/C9H16.CH4/c1-8(2)5-4-7-6-9(7,8)3;/h7H,4-6H2,1-3H3;1H4. The van der Waals surface area contributed by atoms with E-state index < -0.39 is 0 Å². The fourth-order valence-electron chi connectivity index (χ4n) is 2.52. The Labute approximate surface area is 65.0 Å². The van der Waals surface area contributed by atoms with Crippen LogP contribution in [0.15, 0.2) is 0 Å². The summed E-state index contributed by atoms with van der Waals surface area (Å²) in [4.78, 5) is 0. The van der Waals surface area contributed by atoms with Gasteiger partial charge in [-0.3, -0.25) is 0 Å². The summed E-state index contributed by atoms with van der Waals surface area (Å²) in [6.07, 6.45) is 4.48. The summed E-state index contributed by atoms with van der Waals surface area (Å²) in [6.45, 7) is 7.32. The second-order valence-electron chi connectivity index (χ2n) is 4.74. The van der Waals surface area contributed by atoms with Crippen molar-refractivity contribution in [2.75, 3.05) is 0 Å². The van der Waals surface area contributed by atoms with E-state index in [0.717, 1.165) is 11.3 Å². The highest BCUT2D eigenvalue weighted by molar-refractivity contribution is 5.12. The Balaban J connectivity index is 0.000000500. The highest BCUT2D eigenvalue weighted by Gasteiger charge is 2.62. The fraction of sp³-hybridized carbons (Fsp3) is 1.00. The Hall–Kier alpha value is 0. The molecule has 0 aromatic rings. The van der Waals surface area contributed by atoms with Crippen molar-refractivity contribution < 1.29 is 0 Å². The van der Waals surface area contributed by atoms with Crippen LogP contribution in [0.25, 0.3) is 0 Å². The first-order valence-corrected chi connectivity index (χ1v) is 4.06. The highest BCUT2D eigenvalue weighted by Crippen LogP contribution is 2.71. The minimum absolute atomic E-state index is 0. The monoisotopic (exact) mass is 140 g/mol. The molecule has 2 saturated carbocycles. The summed E-state index contributed by atoms with van der Waals surface area (Å²) in [5.41, 5.74) is 1.42. The molecule has 0 radical (unpaired) electrons. The third-order valence-corrected chi connectivity index (χ3v) is 4.08. The lowest BCUT2D eigenvalue weighted by Crippen LogP contribution is -2.18. The molecular formula is C10H20. The van der Waals surface area contributed by atoms with E-state index in [9.17, 15) is 0 Å².